The van der Waals surface area contributed by atoms with E-state index in [1.807, 2.05) is 18.3 Å². The van der Waals surface area contributed by atoms with Crippen molar-refractivity contribution in [1.29, 1.82) is 0 Å². The number of benzene rings is 2. The van der Waals surface area contributed by atoms with Crippen LogP contribution in [-0.2, 0) is 0 Å². The van der Waals surface area contributed by atoms with Crippen molar-refractivity contribution < 1.29 is 14.3 Å². The number of hydrogen-bond acceptors (Lipinski definition) is 3. The summed E-state index contributed by atoms with van der Waals surface area (Å²) in [6, 6.07) is 12.9. The number of aromatic amines is 1. The summed E-state index contributed by atoms with van der Waals surface area (Å²) < 4.78 is 5.33. The Morgan fingerprint density at radius 2 is 2.00 bits per heavy atom. The molecule has 0 saturated carbocycles. The molecule has 154 valence electrons. The molecule has 0 radical (unpaired) electrons. The zero-order valence-corrected chi connectivity index (χ0v) is 17.0. The van der Waals surface area contributed by atoms with Crippen molar-refractivity contribution in [3.63, 3.8) is 0 Å². The normalized spacial score (nSPS) is 13.7. The number of para-hydroxylation sites is 1. The number of rotatable bonds is 4. The van der Waals surface area contributed by atoms with E-state index in [4.69, 9.17) is 4.74 Å². The molecule has 3 N–H and O–H groups in total. The van der Waals surface area contributed by atoms with E-state index in [1.54, 1.807) is 30.1 Å². The van der Waals surface area contributed by atoms with Gasteiger partial charge in [0.2, 0.25) is 0 Å². The molecule has 0 aliphatic carbocycles. The predicted octanol–water partition coefficient (Wildman–Crippen LogP) is 3.86. The van der Waals surface area contributed by atoms with Gasteiger partial charge < -0.3 is 25.3 Å². The maximum absolute atomic E-state index is 12.8. The number of ether oxygens (including phenoxy) is 1. The summed E-state index contributed by atoms with van der Waals surface area (Å²) in [6.07, 6.45) is 4.89. The van der Waals surface area contributed by atoms with Crippen LogP contribution in [0.15, 0.2) is 54.7 Å². The van der Waals surface area contributed by atoms with Gasteiger partial charge in [0.05, 0.1) is 12.8 Å². The Hall–Kier alpha value is -3.74. The molecule has 0 unspecified atom stereocenters. The minimum atomic E-state index is -0.225. The van der Waals surface area contributed by atoms with Crippen molar-refractivity contribution in [2.24, 2.45) is 0 Å². The van der Waals surface area contributed by atoms with Crippen LogP contribution in [0.4, 0.5) is 10.5 Å². The number of methoxy groups -OCH3 is 1. The van der Waals surface area contributed by atoms with Crippen LogP contribution in [-0.4, -0.2) is 49.1 Å². The minimum Gasteiger partial charge on any atom is -0.495 e. The summed E-state index contributed by atoms with van der Waals surface area (Å²) in [4.78, 5) is 29.8. The number of hydrogen-bond donors (Lipinski definition) is 3. The molecule has 3 aromatic rings. The largest absolute Gasteiger partial charge is 0.495 e. The van der Waals surface area contributed by atoms with Crippen LogP contribution >= 0.6 is 0 Å². The molecule has 1 aromatic heterocycles. The molecule has 0 spiro atoms. The molecular weight excluding hydrogens is 380 g/mol. The number of carbonyl (C=O) groups excluding carboxylic acids is 2. The lowest BCUT2D eigenvalue weighted by molar-refractivity contribution is 0.0963. The first-order valence-electron chi connectivity index (χ1n) is 9.82. The summed E-state index contributed by atoms with van der Waals surface area (Å²) in [5.41, 5.74) is 4.45. The summed E-state index contributed by atoms with van der Waals surface area (Å²) in [5.74, 6) is 0.278. The van der Waals surface area contributed by atoms with E-state index in [1.165, 1.54) is 23.6 Å². The maximum Gasteiger partial charge on any atom is 0.322 e. The van der Waals surface area contributed by atoms with Gasteiger partial charge in [-0.15, -0.1) is 0 Å². The molecule has 2 heterocycles. The Morgan fingerprint density at radius 1 is 1.17 bits per heavy atom. The molecule has 30 heavy (non-hydrogen) atoms. The summed E-state index contributed by atoms with van der Waals surface area (Å²) in [5, 5.41) is 6.65. The van der Waals surface area contributed by atoms with Gasteiger partial charge in [-0.1, -0.05) is 24.3 Å². The van der Waals surface area contributed by atoms with Gasteiger partial charge in [0, 0.05) is 48.4 Å². The number of nitrogens with zero attached hydrogens (tertiary/aromatic N) is 1. The zero-order valence-electron chi connectivity index (χ0n) is 17.0. The fraction of sp³-hybridized carbons (Fsp3) is 0.217. The lowest BCUT2D eigenvalue weighted by atomic mass is 9.99. The van der Waals surface area contributed by atoms with Crippen LogP contribution in [0.1, 0.15) is 22.3 Å². The smallest absolute Gasteiger partial charge is 0.322 e. The van der Waals surface area contributed by atoms with Crippen molar-refractivity contribution in [3.8, 4) is 5.75 Å². The third-order valence-corrected chi connectivity index (χ3v) is 5.36. The first kappa shape index (κ1) is 19.6. The van der Waals surface area contributed by atoms with Crippen LogP contribution in [0.5, 0.6) is 5.75 Å². The van der Waals surface area contributed by atoms with Crippen LogP contribution in [0.3, 0.4) is 0 Å². The van der Waals surface area contributed by atoms with E-state index >= 15 is 0 Å². The third kappa shape index (κ3) is 3.74. The van der Waals surface area contributed by atoms with Gasteiger partial charge in [0.25, 0.3) is 5.91 Å². The minimum absolute atomic E-state index is 0.225. The van der Waals surface area contributed by atoms with Crippen molar-refractivity contribution in [2.45, 2.75) is 6.42 Å². The Labute approximate surface area is 174 Å². The van der Waals surface area contributed by atoms with Crippen LogP contribution < -0.4 is 15.4 Å². The first-order valence-corrected chi connectivity index (χ1v) is 9.82. The lowest BCUT2D eigenvalue weighted by Gasteiger charge is -2.27. The summed E-state index contributed by atoms with van der Waals surface area (Å²) in [7, 11) is 3.10. The fourth-order valence-corrected chi connectivity index (χ4v) is 3.72. The second-order valence-corrected chi connectivity index (χ2v) is 7.10. The Morgan fingerprint density at radius 3 is 2.73 bits per heavy atom. The first-order chi connectivity index (χ1) is 14.6. The summed E-state index contributed by atoms with van der Waals surface area (Å²) in [6.45, 7) is 1.12. The van der Waals surface area contributed by atoms with Gasteiger partial charge in [-0.25, -0.2) is 4.79 Å². The highest BCUT2D eigenvalue weighted by Crippen LogP contribution is 2.30. The van der Waals surface area contributed by atoms with Crippen LogP contribution in [0.25, 0.3) is 16.5 Å². The van der Waals surface area contributed by atoms with Gasteiger partial charge >= 0.3 is 6.03 Å². The molecule has 0 atom stereocenters. The number of fused-ring (bicyclic) bond motifs is 1. The van der Waals surface area contributed by atoms with E-state index in [0.29, 0.717) is 30.1 Å². The van der Waals surface area contributed by atoms with E-state index < -0.39 is 0 Å². The highest BCUT2D eigenvalue weighted by molar-refractivity contribution is 5.98. The standard InChI is InChI=1S/C23H24N4O3/c1-24-22(28)16-7-8-21(30-2)20(13-16)26-23(29)27-11-9-15(10-12-27)18-14-25-19-6-4-3-5-17(18)19/h3-9,13-14,25H,10-12H2,1-2H3,(H,24,28)(H,26,29). The second kappa shape index (κ2) is 8.32. The van der Waals surface area contributed by atoms with Gasteiger partial charge in [-0.05, 0) is 36.3 Å². The summed E-state index contributed by atoms with van der Waals surface area (Å²) >= 11 is 0. The Balaban J connectivity index is 1.49. The van der Waals surface area contributed by atoms with Crippen LogP contribution in [0, 0.1) is 0 Å². The average Bonchev–Trinajstić information content (AvgIpc) is 3.22. The molecular formula is C23H24N4O3. The number of carbonyl (C=O) groups is 2. The second-order valence-electron chi connectivity index (χ2n) is 7.10. The van der Waals surface area contributed by atoms with Crippen molar-refractivity contribution in [1.82, 2.24) is 15.2 Å². The molecule has 0 fully saturated rings. The quantitative estimate of drug-likeness (QED) is 0.617. The van der Waals surface area contributed by atoms with Crippen molar-refractivity contribution >= 4 is 34.1 Å². The van der Waals surface area contributed by atoms with Gasteiger partial charge in [-0.2, -0.15) is 0 Å². The van der Waals surface area contributed by atoms with E-state index in [-0.39, 0.29) is 11.9 Å². The SMILES string of the molecule is CNC(=O)c1ccc(OC)c(NC(=O)N2CC=C(c3c[nH]c4ccccc34)CC2)c1. The fourth-order valence-electron chi connectivity index (χ4n) is 3.72. The molecule has 7 nitrogen and oxygen atoms in total. The molecule has 1 aliphatic rings. The number of urea groups is 1. The maximum atomic E-state index is 12.8. The van der Waals surface area contributed by atoms with Gasteiger partial charge in [0.1, 0.15) is 5.75 Å². The van der Waals surface area contributed by atoms with Crippen molar-refractivity contribution in [2.75, 3.05) is 32.6 Å². The number of amides is 3. The molecule has 7 heteroatoms. The van der Waals surface area contributed by atoms with Gasteiger partial charge in [-0.3, -0.25) is 4.79 Å². The average molecular weight is 404 g/mol. The zero-order chi connectivity index (χ0) is 21.1. The molecule has 2 aromatic carbocycles. The predicted molar refractivity (Wildman–Crippen MR) is 118 cm³/mol. The molecule has 3 amide bonds. The van der Waals surface area contributed by atoms with Crippen molar-refractivity contribution in [3.05, 3.63) is 65.9 Å². The van der Waals surface area contributed by atoms with E-state index in [2.05, 4.69) is 33.8 Å². The Kier molecular flexibility index (Phi) is 5.43. The number of nitrogens with one attached hydrogen (secondary N) is 3. The number of aromatic nitrogens is 1. The molecule has 4 rings (SSSR count). The van der Waals surface area contributed by atoms with E-state index in [9.17, 15) is 9.59 Å². The molecule has 0 saturated heterocycles. The molecule has 1 aliphatic heterocycles. The third-order valence-electron chi connectivity index (χ3n) is 5.36. The van der Waals surface area contributed by atoms with Gasteiger partial charge in [0.15, 0.2) is 0 Å². The number of H-pyrrole nitrogens is 1. The molecule has 0 bridgehead atoms. The lowest BCUT2D eigenvalue weighted by Crippen LogP contribution is -2.38. The monoisotopic (exact) mass is 404 g/mol. The van der Waals surface area contributed by atoms with Crippen LogP contribution in [0.2, 0.25) is 0 Å². The number of anilines is 1. The highest BCUT2D eigenvalue weighted by atomic mass is 16.5. The topological polar surface area (TPSA) is 86.5 Å². The Bertz CT molecular complexity index is 1130. The highest BCUT2D eigenvalue weighted by Gasteiger charge is 2.21. The van der Waals surface area contributed by atoms with E-state index in [0.717, 1.165) is 11.9 Å².